The maximum absolute atomic E-state index is 12.9. The molecule has 1 aromatic heterocycles. The van der Waals surface area contributed by atoms with Crippen LogP contribution in [0.2, 0.25) is 10.0 Å². The molecule has 1 aliphatic rings. The van der Waals surface area contributed by atoms with E-state index in [1.165, 1.54) is 18.0 Å². The Balaban J connectivity index is 1.49. The number of aromatic nitrogens is 1. The van der Waals surface area contributed by atoms with Crippen LogP contribution in [0.4, 0.5) is 5.69 Å². The summed E-state index contributed by atoms with van der Waals surface area (Å²) < 4.78 is 5.83. The molecule has 0 radical (unpaired) electrons. The number of hydrogen-bond donors (Lipinski definition) is 0. The lowest BCUT2D eigenvalue weighted by molar-refractivity contribution is -0.122. The van der Waals surface area contributed by atoms with Crippen LogP contribution in [0.5, 0.6) is 5.75 Å². The van der Waals surface area contributed by atoms with Crippen LogP contribution in [0, 0.1) is 0 Å². The Bertz CT molecular complexity index is 1200. The number of ether oxygens (including phenoxy) is 1. The van der Waals surface area contributed by atoms with E-state index in [0.717, 1.165) is 16.9 Å². The number of halogens is 2. The lowest BCUT2D eigenvalue weighted by Gasteiger charge is -2.12. The summed E-state index contributed by atoms with van der Waals surface area (Å²) in [7, 11) is 0. The van der Waals surface area contributed by atoms with Gasteiger partial charge in [-0.25, -0.2) is 4.99 Å². The van der Waals surface area contributed by atoms with Crippen molar-refractivity contribution in [1.82, 2.24) is 9.88 Å². The Morgan fingerprint density at radius 1 is 1.09 bits per heavy atom. The van der Waals surface area contributed by atoms with Crippen molar-refractivity contribution in [3.8, 4) is 5.75 Å². The summed E-state index contributed by atoms with van der Waals surface area (Å²) in [5.41, 5.74) is 2.40. The van der Waals surface area contributed by atoms with Crippen molar-refractivity contribution in [1.29, 1.82) is 0 Å². The third-order valence-electron chi connectivity index (χ3n) is 4.70. The molecule has 32 heavy (non-hydrogen) atoms. The first-order chi connectivity index (χ1) is 15.5. The molecule has 0 atom stereocenters. The maximum Gasteiger partial charge on any atom is 0.266 e. The van der Waals surface area contributed by atoms with Crippen LogP contribution in [0.15, 0.2) is 76.9 Å². The molecule has 1 fully saturated rings. The summed E-state index contributed by atoms with van der Waals surface area (Å²) in [6.07, 6.45) is 5.00. The highest BCUT2D eigenvalue weighted by Gasteiger charge is 2.32. The van der Waals surface area contributed by atoms with Gasteiger partial charge in [0.15, 0.2) is 5.17 Å². The molecule has 2 aromatic carbocycles. The average Bonchev–Trinajstić information content (AvgIpc) is 3.09. The Labute approximate surface area is 200 Å². The summed E-state index contributed by atoms with van der Waals surface area (Å²) in [5, 5.41) is 1.71. The van der Waals surface area contributed by atoms with Crippen LogP contribution in [0.1, 0.15) is 18.1 Å². The molecule has 0 saturated carbocycles. The summed E-state index contributed by atoms with van der Waals surface area (Å²) in [5.74, 6) is 0.641. The molecule has 0 N–H and O–H groups in total. The second-order valence-corrected chi connectivity index (χ2v) is 8.65. The lowest BCUT2D eigenvalue weighted by Crippen LogP contribution is -2.28. The highest BCUT2D eigenvalue weighted by molar-refractivity contribution is 8.18. The van der Waals surface area contributed by atoms with Crippen molar-refractivity contribution >= 4 is 57.8 Å². The van der Waals surface area contributed by atoms with E-state index < -0.39 is 0 Å². The zero-order valence-electron chi connectivity index (χ0n) is 17.2. The highest BCUT2D eigenvalue weighted by Crippen LogP contribution is 2.35. The number of rotatable bonds is 6. The molecule has 162 valence electrons. The normalized spacial score (nSPS) is 16.2. The van der Waals surface area contributed by atoms with E-state index in [2.05, 4.69) is 9.98 Å². The monoisotopic (exact) mass is 483 g/mol. The number of pyridine rings is 1. The number of carbonyl (C=O) groups is 1. The first-order valence-corrected chi connectivity index (χ1v) is 11.5. The van der Waals surface area contributed by atoms with E-state index in [1.807, 2.05) is 61.5 Å². The first kappa shape index (κ1) is 22.4. The fourth-order valence-electron chi connectivity index (χ4n) is 3.02. The van der Waals surface area contributed by atoms with E-state index in [9.17, 15) is 4.79 Å². The molecule has 3 aromatic rings. The van der Waals surface area contributed by atoms with Crippen molar-refractivity contribution in [3.63, 3.8) is 0 Å². The number of thioether (sulfide) groups is 1. The molecule has 0 spiro atoms. The van der Waals surface area contributed by atoms with E-state index in [0.29, 0.717) is 39.0 Å². The van der Waals surface area contributed by atoms with Crippen LogP contribution in [0.25, 0.3) is 6.08 Å². The number of nitrogens with zero attached hydrogens (tertiary/aromatic N) is 3. The van der Waals surface area contributed by atoms with Gasteiger partial charge in [0.05, 0.1) is 15.6 Å². The fourth-order valence-corrected chi connectivity index (χ4v) is 4.43. The third-order valence-corrected chi connectivity index (χ3v) is 6.37. The molecule has 0 bridgehead atoms. The standard InChI is InChI=1S/C24H19Cl2N3O2S/c1-2-29-23(30)22(32-24(29)28-21-11-12-27-14-20(21)26)13-16-7-9-18(10-8-16)31-15-17-5-3-4-6-19(17)25/h3-14H,2,15H2,1H3/b22-13-,28-24?. The quantitative estimate of drug-likeness (QED) is 0.371. The van der Waals surface area contributed by atoms with Gasteiger partial charge in [0.25, 0.3) is 5.91 Å². The molecule has 0 unspecified atom stereocenters. The number of aliphatic imine (C=N–C) groups is 1. The summed E-state index contributed by atoms with van der Waals surface area (Å²) in [6.45, 7) is 2.81. The predicted molar refractivity (Wildman–Crippen MR) is 132 cm³/mol. The number of hydrogen-bond acceptors (Lipinski definition) is 5. The minimum absolute atomic E-state index is 0.0829. The largest absolute Gasteiger partial charge is 0.489 e. The molecule has 0 aliphatic carbocycles. The first-order valence-electron chi connectivity index (χ1n) is 9.91. The van der Waals surface area contributed by atoms with Crippen LogP contribution >= 0.6 is 35.0 Å². The van der Waals surface area contributed by atoms with Gasteiger partial charge in [-0.2, -0.15) is 0 Å². The van der Waals surface area contributed by atoms with Crippen molar-refractivity contribution in [2.24, 2.45) is 4.99 Å². The molecular weight excluding hydrogens is 465 g/mol. The Kier molecular flexibility index (Phi) is 7.15. The van der Waals surface area contributed by atoms with Crippen LogP contribution in [-0.4, -0.2) is 27.5 Å². The van der Waals surface area contributed by atoms with E-state index in [1.54, 1.807) is 17.2 Å². The van der Waals surface area contributed by atoms with Gasteiger partial charge >= 0.3 is 0 Å². The van der Waals surface area contributed by atoms with Gasteiger partial charge in [0.2, 0.25) is 0 Å². The number of carbonyl (C=O) groups excluding carboxylic acids is 1. The minimum Gasteiger partial charge on any atom is -0.489 e. The van der Waals surface area contributed by atoms with Crippen LogP contribution < -0.4 is 4.74 Å². The zero-order chi connectivity index (χ0) is 22.5. The molecule has 4 rings (SSSR count). The van der Waals surface area contributed by atoms with Crippen molar-refractivity contribution in [2.45, 2.75) is 13.5 Å². The summed E-state index contributed by atoms with van der Waals surface area (Å²) in [6, 6.07) is 16.9. The highest BCUT2D eigenvalue weighted by atomic mass is 35.5. The summed E-state index contributed by atoms with van der Waals surface area (Å²) in [4.78, 5) is 23.6. The number of benzene rings is 2. The molecule has 8 heteroatoms. The number of likely N-dealkylation sites (N-methyl/N-ethyl adjacent to an activating group) is 1. The lowest BCUT2D eigenvalue weighted by atomic mass is 10.2. The van der Waals surface area contributed by atoms with Crippen LogP contribution in [0.3, 0.4) is 0 Å². The maximum atomic E-state index is 12.9. The molecule has 1 amide bonds. The second kappa shape index (κ2) is 10.2. The van der Waals surface area contributed by atoms with Gasteiger partial charge < -0.3 is 4.74 Å². The van der Waals surface area contributed by atoms with Gasteiger partial charge in [-0.3, -0.25) is 14.7 Å². The molecule has 1 saturated heterocycles. The van der Waals surface area contributed by atoms with Crippen molar-refractivity contribution in [2.75, 3.05) is 6.54 Å². The average molecular weight is 484 g/mol. The number of amidine groups is 1. The van der Waals surface area contributed by atoms with Crippen molar-refractivity contribution < 1.29 is 9.53 Å². The smallest absolute Gasteiger partial charge is 0.266 e. The van der Waals surface area contributed by atoms with E-state index in [-0.39, 0.29) is 5.91 Å². The molecular formula is C24H19Cl2N3O2S. The van der Waals surface area contributed by atoms with Gasteiger partial charge in [0.1, 0.15) is 12.4 Å². The minimum atomic E-state index is -0.0829. The second-order valence-electron chi connectivity index (χ2n) is 6.83. The van der Waals surface area contributed by atoms with E-state index in [4.69, 9.17) is 27.9 Å². The molecule has 1 aliphatic heterocycles. The summed E-state index contributed by atoms with van der Waals surface area (Å²) >= 11 is 13.7. The fraction of sp³-hybridized carbons (Fsp3) is 0.125. The van der Waals surface area contributed by atoms with Gasteiger partial charge in [-0.1, -0.05) is 53.5 Å². The molecule has 5 nitrogen and oxygen atoms in total. The predicted octanol–water partition coefficient (Wildman–Crippen LogP) is 6.59. The Morgan fingerprint density at radius 3 is 2.59 bits per heavy atom. The van der Waals surface area contributed by atoms with Crippen LogP contribution in [-0.2, 0) is 11.4 Å². The Morgan fingerprint density at radius 2 is 1.88 bits per heavy atom. The molecule has 2 heterocycles. The van der Waals surface area contributed by atoms with Gasteiger partial charge in [-0.15, -0.1) is 0 Å². The number of amides is 1. The van der Waals surface area contributed by atoms with Gasteiger partial charge in [0, 0.05) is 29.5 Å². The zero-order valence-corrected chi connectivity index (χ0v) is 19.5. The topological polar surface area (TPSA) is 54.8 Å². The van der Waals surface area contributed by atoms with Gasteiger partial charge in [-0.05, 0) is 54.6 Å². The Hall–Kier alpha value is -2.80. The SMILES string of the molecule is CCN1C(=O)/C(=C/c2ccc(OCc3ccccc3Cl)cc2)SC1=Nc1ccncc1Cl. The third kappa shape index (κ3) is 5.15. The van der Waals surface area contributed by atoms with Crippen molar-refractivity contribution in [3.05, 3.63) is 93.1 Å². The van der Waals surface area contributed by atoms with E-state index >= 15 is 0 Å².